The lowest BCUT2D eigenvalue weighted by molar-refractivity contribution is 0.328. The van der Waals surface area contributed by atoms with Crippen LogP contribution >= 0.6 is 11.8 Å². The van der Waals surface area contributed by atoms with E-state index in [1.165, 1.54) is 24.3 Å². The largest absolute Gasteiger partial charge is 0.476 e. The molecule has 0 aliphatic carbocycles. The maximum absolute atomic E-state index is 5.50. The van der Waals surface area contributed by atoms with Crippen LogP contribution in [-0.4, -0.2) is 29.1 Å². The summed E-state index contributed by atoms with van der Waals surface area (Å²) < 4.78 is 5.50. The molecular formula is C12H18N2OS. The van der Waals surface area contributed by atoms with Gasteiger partial charge in [-0.2, -0.15) is 11.8 Å². The SMILES string of the molecule is CCOc1ncccc1NC1CCCSC1. The van der Waals surface area contributed by atoms with Gasteiger partial charge in [0.05, 0.1) is 12.3 Å². The normalized spacial score (nSPS) is 20.4. The monoisotopic (exact) mass is 238 g/mol. The fourth-order valence-corrected chi connectivity index (χ4v) is 2.90. The number of ether oxygens (including phenoxy) is 1. The van der Waals surface area contributed by atoms with E-state index >= 15 is 0 Å². The smallest absolute Gasteiger partial charge is 0.237 e. The second-order valence-electron chi connectivity index (χ2n) is 3.85. The van der Waals surface area contributed by atoms with Crippen LogP contribution in [0.4, 0.5) is 5.69 Å². The number of hydrogen-bond donors (Lipinski definition) is 1. The minimum Gasteiger partial charge on any atom is -0.476 e. The molecule has 3 nitrogen and oxygen atoms in total. The molecule has 2 heterocycles. The predicted molar refractivity (Wildman–Crippen MR) is 69.4 cm³/mol. The minimum absolute atomic E-state index is 0.558. The number of nitrogens with zero attached hydrogens (tertiary/aromatic N) is 1. The second-order valence-corrected chi connectivity index (χ2v) is 5.00. The van der Waals surface area contributed by atoms with Gasteiger partial charge >= 0.3 is 0 Å². The summed E-state index contributed by atoms with van der Waals surface area (Å²) in [5.74, 6) is 3.20. The van der Waals surface area contributed by atoms with Crippen molar-refractivity contribution in [1.29, 1.82) is 0 Å². The van der Waals surface area contributed by atoms with Gasteiger partial charge in [0.15, 0.2) is 0 Å². The Morgan fingerprint density at radius 1 is 1.62 bits per heavy atom. The van der Waals surface area contributed by atoms with Crippen LogP contribution < -0.4 is 10.1 Å². The highest BCUT2D eigenvalue weighted by Gasteiger charge is 2.15. The molecule has 0 amide bonds. The quantitative estimate of drug-likeness (QED) is 0.874. The van der Waals surface area contributed by atoms with Crippen molar-refractivity contribution in [3.8, 4) is 5.88 Å². The van der Waals surface area contributed by atoms with Crippen molar-refractivity contribution in [1.82, 2.24) is 4.98 Å². The van der Waals surface area contributed by atoms with Crippen LogP contribution in [0.1, 0.15) is 19.8 Å². The van der Waals surface area contributed by atoms with E-state index in [1.807, 2.05) is 30.8 Å². The van der Waals surface area contributed by atoms with Gasteiger partial charge < -0.3 is 10.1 Å². The Balaban J connectivity index is 2.01. The molecule has 0 saturated carbocycles. The Kier molecular flexibility index (Phi) is 4.34. The summed E-state index contributed by atoms with van der Waals surface area (Å²) in [5, 5.41) is 3.53. The van der Waals surface area contributed by atoms with Gasteiger partial charge in [-0.1, -0.05) is 0 Å². The highest BCUT2D eigenvalue weighted by molar-refractivity contribution is 7.99. The summed E-state index contributed by atoms with van der Waals surface area (Å²) in [6, 6.07) is 4.54. The number of thioether (sulfide) groups is 1. The van der Waals surface area contributed by atoms with Gasteiger partial charge in [-0.3, -0.25) is 0 Å². The van der Waals surface area contributed by atoms with Gasteiger partial charge in [0.25, 0.3) is 0 Å². The van der Waals surface area contributed by atoms with Crippen molar-refractivity contribution in [2.75, 3.05) is 23.4 Å². The Labute approximate surface area is 101 Å². The molecule has 2 rings (SSSR count). The topological polar surface area (TPSA) is 34.1 Å². The van der Waals surface area contributed by atoms with Crippen molar-refractivity contribution in [3.05, 3.63) is 18.3 Å². The summed E-state index contributed by atoms with van der Waals surface area (Å²) in [6.07, 6.45) is 4.31. The zero-order valence-corrected chi connectivity index (χ0v) is 10.4. The molecule has 1 saturated heterocycles. The zero-order valence-electron chi connectivity index (χ0n) is 9.61. The summed E-state index contributed by atoms with van der Waals surface area (Å²) in [5.41, 5.74) is 1.02. The number of hydrogen-bond acceptors (Lipinski definition) is 4. The van der Waals surface area contributed by atoms with E-state index in [-0.39, 0.29) is 0 Å². The minimum atomic E-state index is 0.558. The first-order valence-electron chi connectivity index (χ1n) is 5.82. The van der Waals surface area contributed by atoms with Crippen LogP contribution in [-0.2, 0) is 0 Å². The van der Waals surface area contributed by atoms with E-state index in [4.69, 9.17) is 4.74 Å². The number of pyridine rings is 1. The molecule has 1 atom stereocenters. The number of nitrogens with one attached hydrogen (secondary N) is 1. The molecule has 1 aliphatic heterocycles. The Bertz CT molecular complexity index is 327. The van der Waals surface area contributed by atoms with Crippen LogP contribution in [0.25, 0.3) is 0 Å². The van der Waals surface area contributed by atoms with Gasteiger partial charge in [-0.25, -0.2) is 4.98 Å². The fraction of sp³-hybridized carbons (Fsp3) is 0.583. The van der Waals surface area contributed by atoms with Crippen molar-refractivity contribution < 1.29 is 4.74 Å². The van der Waals surface area contributed by atoms with Gasteiger partial charge in [-0.15, -0.1) is 0 Å². The average Bonchev–Trinajstić information content (AvgIpc) is 2.33. The molecular weight excluding hydrogens is 220 g/mol. The van der Waals surface area contributed by atoms with Gasteiger partial charge in [0.2, 0.25) is 5.88 Å². The highest BCUT2D eigenvalue weighted by Crippen LogP contribution is 2.25. The van der Waals surface area contributed by atoms with Crippen LogP contribution in [0.2, 0.25) is 0 Å². The lowest BCUT2D eigenvalue weighted by Crippen LogP contribution is -2.26. The van der Waals surface area contributed by atoms with Gasteiger partial charge in [-0.05, 0) is 37.7 Å². The van der Waals surface area contributed by atoms with Crippen LogP contribution in [0.5, 0.6) is 5.88 Å². The molecule has 1 aromatic rings. The number of rotatable bonds is 4. The van der Waals surface area contributed by atoms with Crippen molar-refractivity contribution in [2.45, 2.75) is 25.8 Å². The summed E-state index contributed by atoms with van der Waals surface area (Å²) in [4.78, 5) is 4.24. The summed E-state index contributed by atoms with van der Waals surface area (Å²) in [6.45, 7) is 2.64. The van der Waals surface area contributed by atoms with Crippen molar-refractivity contribution in [3.63, 3.8) is 0 Å². The molecule has 4 heteroatoms. The zero-order chi connectivity index (χ0) is 11.2. The standard InChI is InChI=1S/C12H18N2OS/c1-2-15-12-11(6-3-7-13-12)14-10-5-4-8-16-9-10/h3,6-7,10,14H,2,4-5,8-9H2,1H3. The number of anilines is 1. The van der Waals surface area contributed by atoms with Crippen LogP contribution in [0.15, 0.2) is 18.3 Å². The molecule has 1 unspecified atom stereocenters. The Hall–Kier alpha value is -0.900. The van der Waals surface area contributed by atoms with E-state index in [9.17, 15) is 0 Å². The Morgan fingerprint density at radius 3 is 3.31 bits per heavy atom. The maximum atomic E-state index is 5.50. The Morgan fingerprint density at radius 2 is 2.56 bits per heavy atom. The molecule has 16 heavy (non-hydrogen) atoms. The third-order valence-electron chi connectivity index (χ3n) is 2.57. The fourth-order valence-electron chi connectivity index (χ4n) is 1.83. The molecule has 0 aromatic carbocycles. The van der Waals surface area contributed by atoms with Crippen LogP contribution in [0, 0.1) is 0 Å². The average molecular weight is 238 g/mol. The van der Waals surface area contributed by atoms with Crippen molar-refractivity contribution in [2.24, 2.45) is 0 Å². The lowest BCUT2D eigenvalue weighted by atomic mass is 10.2. The van der Waals surface area contributed by atoms with E-state index < -0.39 is 0 Å². The van der Waals surface area contributed by atoms with Crippen LogP contribution in [0.3, 0.4) is 0 Å². The first kappa shape index (κ1) is 11.6. The first-order chi connectivity index (χ1) is 7.90. The van der Waals surface area contributed by atoms with E-state index in [0.29, 0.717) is 12.6 Å². The molecule has 1 aliphatic rings. The number of aromatic nitrogens is 1. The third-order valence-corrected chi connectivity index (χ3v) is 3.79. The van der Waals surface area contributed by atoms with E-state index in [1.54, 1.807) is 6.20 Å². The van der Waals surface area contributed by atoms with Gasteiger partial charge in [0.1, 0.15) is 0 Å². The third kappa shape index (κ3) is 3.04. The van der Waals surface area contributed by atoms with E-state index in [2.05, 4.69) is 10.3 Å². The second kappa shape index (κ2) is 5.99. The summed E-state index contributed by atoms with van der Waals surface area (Å²) in [7, 11) is 0. The molecule has 0 radical (unpaired) electrons. The first-order valence-corrected chi connectivity index (χ1v) is 6.97. The molecule has 1 aromatic heterocycles. The van der Waals surface area contributed by atoms with Crippen molar-refractivity contribution >= 4 is 17.4 Å². The molecule has 1 fully saturated rings. The predicted octanol–water partition coefficient (Wildman–Crippen LogP) is 2.79. The van der Waals surface area contributed by atoms with Gasteiger partial charge in [0, 0.05) is 18.0 Å². The lowest BCUT2D eigenvalue weighted by Gasteiger charge is -2.24. The summed E-state index contributed by atoms with van der Waals surface area (Å²) >= 11 is 2.02. The molecule has 0 spiro atoms. The van der Waals surface area contributed by atoms with E-state index in [0.717, 1.165) is 11.6 Å². The molecule has 1 N–H and O–H groups in total. The highest BCUT2D eigenvalue weighted by atomic mass is 32.2. The maximum Gasteiger partial charge on any atom is 0.237 e. The molecule has 88 valence electrons. The molecule has 0 bridgehead atoms.